The number of hydrogen-bond donors (Lipinski definition) is 0. The van der Waals surface area contributed by atoms with E-state index in [0.717, 1.165) is 19.3 Å². The summed E-state index contributed by atoms with van der Waals surface area (Å²) in [6.07, 6.45) is 3.19. The molecule has 1 saturated carbocycles. The van der Waals surface area contributed by atoms with Crippen molar-refractivity contribution >= 4 is 0 Å². The van der Waals surface area contributed by atoms with Crippen molar-refractivity contribution in [2.45, 2.75) is 31.1 Å². The lowest BCUT2D eigenvalue weighted by Gasteiger charge is -2.19. The maximum Gasteiger partial charge on any atom is 0.203 e. The normalized spacial score (nSPS) is 18.3. The van der Waals surface area contributed by atoms with Crippen molar-refractivity contribution < 1.29 is 28.4 Å². The van der Waals surface area contributed by atoms with E-state index in [4.69, 9.17) is 28.4 Å². The molecule has 6 heteroatoms. The second-order valence-corrected chi connectivity index (χ2v) is 7.12. The van der Waals surface area contributed by atoms with Crippen LogP contribution in [0.4, 0.5) is 0 Å². The molecule has 0 radical (unpaired) electrons. The third kappa shape index (κ3) is 4.02. The predicted octanol–water partition coefficient (Wildman–Crippen LogP) is 4.79. The van der Waals surface area contributed by atoms with E-state index in [1.807, 2.05) is 0 Å². The van der Waals surface area contributed by atoms with E-state index < -0.39 is 0 Å². The van der Waals surface area contributed by atoms with Crippen LogP contribution in [-0.2, 0) is 0 Å². The van der Waals surface area contributed by atoms with Crippen molar-refractivity contribution in [2.24, 2.45) is 0 Å². The summed E-state index contributed by atoms with van der Waals surface area (Å²) in [7, 11) is 9.83. The first kappa shape index (κ1) is 21.0. The van der Waals surface area contributed by atoms with Gasteiger partial charge in [-0.25, -0.2) is 0 Å². The molecular weight excluding hydrogens is 372 g/mol. The van der Waals surface area contributed by atoms with Crippen LogP contribution in [0.1, 0.15) is 42.2 Å². The summed E-state index contributed by atoms with van der Waals surface area (Å²) >= 11 is 0. The molecule has 0 aromatic heterocycles. The van der Waals surface area contributed by atoms with Crippen LogP contribution in [0.3, 0.4) is 0 Å². The topological polar surface area (TPSA) is 55.4 Å². The molecule has 0 unspecified atom stereocenters. The largest absolute Gasteiger partial charge is 0.493 e. The van der Waals surface area contributed by atoms with Gasteiger partial charge in [-0.15, -0.1) is 0 Å². The van der Waals surface area contributed by atoms with E-state index in [-0.39, 0.29) is 0 Å². The lowest BCUT2D eigenvalue weighted by molar-refractivity contribution is 0.323. The molecule has 3 rings (SSSR count). The fourth-order valence-corrected chi connectivity index (χ4v) is 4.26. The SMILES string of the molecule is COc1cc([C@H]2CC[C@H](c3cc(OC)c(OC)c(OC)c3)C2)cc(OC)c1OC. The van der Waals surface area contributed by atoms with Gasteiger partial charge in [-0.1, -0.05) is 0 Å². The second kappa shape index (κ2) is 9.16. The average Bonchev–Trinajstić information content (AvgIpc) is 3.27. The number of benzene rings is 2. The van der Waals surface area contributed by atoms with E-state index in [0.29, 0.717) is 46.3 Å². The standard InChI is InChI=1S/C23H30O6/c1-24-18-10-16(11-19(25-2)22(18)28-5)14-7-8-15(9-14)17-12-20(26-3)23(29-6)21(13-17)27-4/h10-15H,7-9H2,1-6H3/t14-,15-/m0/s1. The van der Waals surface area contributed by atoms with Crippen LogP contribution in [0.2, 0.25) is 0 Å². The number of ether oxygens (including phenoxy) is 6. The van der Waals surface area contributed by atoms with Gasteiger partial charge in [0.1, 0.15) is 0 Å². The van der Waals surface area contributed by atoms with Crippen LogP contribution in [0, 0.1) is 0 Å². The molecule has 29 heavy (non-hydrogen) atoms. The van der Waals surface area contributed by atoms with Crippen molar-refractivity contribution in [1.82, 2.24) is 0 Å². The molecule has 0 spiro atoms. The Morgan fingerprint density at radius 2 is 0.828 bits per heavy atom. The lowest BCUT2D eigenvalue weighted by atomic mass is 9.92. The Morgan fingerprint density at radius 3 is 1.07 bits per heavy atom. The highest BCUT2D eigenvalue weighted by Crippen LogP contribution is 2.49. The molecular formula is C23H30O6. The third-order valence-corrected chi connectivity index (χ3v) is 5.75. The van der Waals surface area contributed by atoms with E-state index in [1.54, 1.807) is 42.7 Å². The van der Waals surface area contributed by atoms with Gasteiger partial charge in [-0.2, -0.15) is 0 Å². The van der Waals surface area contributed by atoms with E-state index in [9.17, 15) is 0 Å². The van der Waals surface area contributed by atoms with Crippen LogP contribution >= 0.6 is 0 Å². The van der Waals surface area contributed by atoms with Gasteiger partial charge in [0.05, 0.1) is 42.7 Å². The van der Waals surface area contributed by atoms with Gasteiger partial charge in [-0.05, 0) is 66.5 Å². The van der Waals surface area contributed by atoms with E-state index >= 15 is 0 Å². The highest BCUT2D eigenvalue weighted by Gasteiger charge is 2.30. The maximum atomic E-state index is 5.52. The zero-order valence-electron chi connectivity index (χ0n) is 18.0. The van der Waals surface area contributed by atoms with Gasteiger partial charge in [0.15, 0.2) is 23.0 Å². The molecule has 1 fully saturated rings. The molecule has 2 aromatic carbocycles. The Hall–Kier alpha value is -2.76. The van der Waals surface area contributed by atoms with E-state index in [1.165, 1.54) is 11.1 Å². The summed E-state index contributed by atoms with van der Waals surface area (Å²) in [4.78, 5) is 0. The van der Waals surface area contributed by atoms with Crippen molar-refractivity contribution in [2.75, 3.05) is 42.7 Å². The minimum absolute atomic E-state index is 0.410. The van der Waals surface area contributed by atoms with Crippen molar-refractivity contribution in [3.8, 4) is 34.5 Å². The molecule has 6 nitrogen and oxygen atoms in total. The first-order valence-electron chi connectivity index (χ1n) is 9.69. The molecule has 2 aromatic rings. The van der Waals surface area contributed by atoms with Gasteiger partial charge < -0.3 is 28.4 Å². The summed E-state index contributed by atoms with van der Waals surface area (Å²) in [6.45, 7) is 0. The fourth-order valence-electron chi connectivity index (χ4n) is 4.26. The Morgan fingerprint density at radius 1 is 0.517 bits per heavy atom. The molecule has 0 heterocycles. The minimum atomic E-state index is 0.410. The van der Waals surface area contributed by atoms with Crippen molar-refractivity contribution in [3.63, 3.8) is 0 Å². The summed E-state index contributed by atoms with van der Waals surface area (Å²) in [5.74, 6) is 4.84. The Balaban J connectivity index is 1.89. The highest BCUT2D eigenvalue weighted by molar-refractivity contribution is 5.56. The summed E-state index contributed by atoms with van der Waals surface area (Å²) in [5, 5.41) is 0. The van der Waals surface area contributed by atoms with Gasteiger partial charge >= 0.3 is 0 Å². The molecule has 0 aliphatic heterocycles. The van der Waals surface area contributed by atoms with Crippen LogP contribution in [0.15, 0.2) is 24.3 Å². The molecule has 1 aliphatic carbocycles. The van der Waals surface area contributed by atoms with Crippen LogP contribution in [-0.4, -0.2) is 42.7 Å². The Labute approximate surface area is 172 Å². The number of methoxy groups -OCH3 is 6. The molecule has 1 aliphatic rings. The third-order valence-electron chi connectivity index (χ3n) is 5.75. The Kier molecular flexibility index (Phi) is 6.62. The van der Waals surface area contributed by atoms with Crippen LogP contribution < -0.4 is 28.4 Å². The van der Waals surface area contributed by atoms with Gasteiger partial charge in [0.25, 0.3) is 0 Å². The fraction of sp³-hybridized carbons (Fsp3) is 0.478. The number of rotatable bonds is 8. The smallest absolute Gasteiger partial charge is 0.203 e. The monoisotopic (exact) mass is 402 g/mol. The molecule has 0 N–H and O–H groups in total. The van der Waals surface area contributed by atoms with Gasteiger partial charge in [0.2, 0.25) is 11.5 Å². The molecule has 0 bridgehead atoms. The predicted molar refractivity (Wildman–Crippen MR) is 112 cm³/mol. The zero-order valence-corrected chi connectivity index (χ0v) is 18.0. The lowest BCUT2D eigenvalue weighted by Crippen LogP contribution is -2.01. The second-order valence-electron chi connectivity index (χ2n) is 7.12. The van der Waals surface area contributed by atoms with E-state index in [2.05, 4.69) is 24.3 Å². The average molecular weight is 402 g/mol. The van der Waals surface area contributed by atoms with Gasteiger partial charge in [-0.3, -0.25) is 0 Å². The van der Waals surface area contributed by atoms with Gasteiger partial charge in [0, 0.05) is 0 Å². The Bertz CT molecular complexity index is 728. The molecule has 2 atom stereocenters. The van der Waals surface area contributed by atoms with Crippen LogP contribution in [0.25, 0.3) is 0 Å². The minimum Gasteiger partial charge on any atom is -0.493 e. The number of hydrogen-bond acceptors (Lipinski definition) is 6. The first-order valence-corrected chi connectivity index (χ1v) is 9.69. The summed E-state index contributed by atoms with van der Waals surface area (Å²) in [5.41, 5.74) is 2.41. The summed E-state index contributed by atoms with van der Waals surface area (Å²) < 4.78 is 33.0. The quantitative estimate of drug-likeness (QED) is 0.633. The highest BCUT2D eigenvalue weighted by atomic mass is 16.5. The molecule has 0 amide bonds. The zero-order chi connectivity index (χ0) is 21.0. The summed E-state index contributed by atoms with van der Waals surface area (Å²) in [6, 6.07) is 8.24. The van der Waals surface area contributed by atoms with Crippen LogP contribution in [0.5, 0.6) is 34.5 Å². The first-order chi connectivity index (χ1) is 14.1. The maximum absolute atomic E-state index is 5.52. The molecule has 158 valence electrons. The molecule has 0 saturated heterocycles. The van der Waals surface area contributed by atoms with Crippen molar-refractivity contribution in [3.05, 3.63) is 35.4 Å². The van der Waals surface area contributed by atoms with Crippen molar-refractivity contribution in [1.29, 1.82) is 0 Å².